The molecule has 2 aromatic carbocycles. The summed E-state index contributed by atoms with van der Waals surface area (Å²) in [6, 6.07) is 13.4. The minimum Gasteiger partial charge on any atom is -0.487 e. The van der Waals surface area contributed by atoms with Gasteiger partial charge in [0.25, 0.3) is 0 Å². The Bertz CT molecular complexity index is 1190. The molecule has 3 atom stereocenters. The molecule has 1 aliphatic heterocycles. The molecule has 0 unspecified atom stereocenters. The first-order valence-corrected chi connectivity index (χ1v) is 12.7. The summed E-state index contributed by atoms with van der Waals surface area (Å²) < 4.78 is 34.8. The standard InChI is InChI=1S/C25H31N3O5S/c1-5-25(30)27(4)15-23-17(2)14-28(18(3)16-29)34(31,32)24-10-9-21(12-22(24)33-23)20-8-6-7-19(11-20)13-26/h6-12,17-18,23,29H,5,14-16H2,1-4H3/t17-,18+,23+/m1/s1. The highest BCUT2D eigenvalue weighted by atomic mass is 32.2. The molecule has 0 aliphatic carbocycles. The number of nitrogens with zero attached hydrogens (tertiary/aromatic N) is 3. The van der Waals surface area contributed by atoms with Crippen LogP contribution >= 0.6 is 0 Å². The first-order chi connectivity index (χ1) is 16.1. The van der Waals surface area contributed by atoms with Crippen LogP contribution in [-0.4, -0.2) is 67.5 Å². The minimum atomic E-state index is -3.96. The highest BCUT2D eigenvalue weighted by molar-refractivity contribution is 7.89. The van der Waals surface area contributed by atoms with Gasteiger partial charge in [-0.05, 0) is 42.3 Å². The van der Waals surface area contributed by atoms with Gasteiger partial charge in [-0.25, -0.2) is 8.42 Å². The lowest BCUT2D eigenvalue weighted by Gasteiger charge is -2.37. The zero-order chi connectivity index (χ0) is 25.0. The Balaban J connectivity index is 2.13. The topological polar surface area (TPSA) is 111 Å². The van der Waals surface area contributed by atoms with E-state index in [1.165, 1.54) is 10.4 Å². The average Bonchev–Trinajstić information content (AvgIpc) is 2.84. The Kier molecular flexibility index (Phi) is 7.97. The highest BCUT2D eigenvalue weighted by Gasteiger charge is 2.38. The van der Waals surface area contributed by atoms with Gasteiger partial charge in [0.05, 0.1) is 24.8 Å². The van der Waals surface area contributed by atoms with E-state index in [-0.39, 0.29) is 35.6 Å². The molecule has 0 spiro atoms. The van der Waals surface area contributed by atoms with E-state index in [1.54, 1.807) is 56.1 Å². The number of fused-ring (bicyclic) bond motifs is 1. The van der Waals surface area contributed by atoms with Gasteiger partial charge in [0.1, 0.15) is 16.7 Å². The van der Waals surface area contributed by atoms with E-state index >= 15 is 0 Å². The van der Waals surface area contributed by atoms with Crippen molar-refractivity contribution < 1.29 is 23.1 Å². The Labute approximate surface area is 201 Å². The van der Waals surface area contributed by atoms with Crippen LogP contribution in [0.15, 0.2) is 47.4 Å². The van der Waals surface area contributed by atoms with E-state index in [9.17, 15) is 23.6 Å². The molecule has 182 valence electrons. The zero-order valence-corrected chi connectivity index (χ0v) is 20.7. The lowest BCUT2D eigenvalue weighted by Crippen LogP contribution is -2.50. The predicted molar refractivity (Wildman–Crippen MR) is 129 cm³/mol. The van der Waals surface area contributed by atoms with Gasteiger partial charge in [0.15, 0.2) is 0 Å². The van der Waals surface area contributed by atoms with Crippen LogP contribution in [0.4, 0.5) is 0 Å². The van der Waals surface area contributed by atoms with Gasteiger partial charge in [-0.15, -0.1) is 0 Å². The number of aliphatic hydroxyl groups is 1. The van der Waals surface area contributed by atoms with Crippen molar-refractivity contribution in [3.63, 3.8) is 0 Å². The molecule has 0 aromatic heterocycles. The van der Waals surface area contributed by atoms with E-state index in [1.807, 2.05) is 13.0 Å². The quantitative estimate of drug-likeness (QED) is 0.674. The SMILES string of the molecule is CCC(=O)N(C)C[C@@H]1Oc2cc(-c3cccc(C#N)c3)ccc2S(=O)(=O)N([C@@H](C)CO)C[C@H]1C. The second kappa shape index (κ2) is 10.6. The molecule has 1 heterocycles. The first-order valence-electron chi connectivity index (χ1n) is 11.3. The Hall–Kier alpha value is -2.93. The maximum atomic E-state index is 13.6. The smallest absolute Gasteiger partial charge is 0.247 e. The molecule has 1 aliphatic rings. The fourth-order valence-corrected chi connectivity index (χ4v) is 5.86. The number of ether oxygens (including phenoxy) is 1. The number of rotatable bonds is 6. The van der Waals surface area contributed by atoms with Crippen LogP contribution in [0.25, 0.3) is 11.1 Å². The second-order valence-electron chi connectivity index (χ2n) is 8.72. The van der Waals surface area contributed by atoms with Crippen molar-refractivity contribution in [2.24, 2.45) is 5.92 Å². The lowest BCUT2D eigenvalue weighted by molar-refractivity contribution is -0.131. The Morgan fingerprint density at radius 3 is 2.65 bits per heavy atom. The maximum Gasteiger partial charge on any atom is 0.247 e. The van der Waals surface area contributed by atoms with Gasteiger partial charge >= 0.3 is 0 Å². The van der Waals surface area contributed by atoms with E-state index in [0.717, 1.165) is 5.56 Å². The molecule has 0 bridgehead atoms. The van der Waals surface area contributed by atoms with Crippen LogP contribution in [-0.2, 0) is 14.8 Å². The summed E-state index contributed by atoms with van der Waals surface area (Å²) in [7, 11) is -2.25. The maximum absolute atomic E-state index is 13.6. The predicted octanol–water partition coefficient (Wildman–Crippen LogP) is 2.86. The summed E-state index contributed by atoms with van der Waals surface area (Å²) >= 11 is 0. The third-order valence-electron chi connectivity index (χ3n) is 6.17. The van der Waals surface area contributed by atoms with Gasteiger partial charge in [-0.1, -0.05) is 32.0 Å². The van der Waals surface area contributed by atoms with Crippen LogP contribution in [0.2, 0.25) is 0 Å². The third-order valence-corrected chi connectivity index (χ3v) is 8.19. The number of amides is 1. The van der Waals surface area contributed by atoms with Crippen LogP contribution in [0, 0.1) is 17.2 Å². The summed E-state index contributed by atoms with van der Waals surface area (Å²) in [5.74, 6) is -0.105. The monoisotopic (exact) mass is 485 g/mol. The van der Waals surface area contributed by atoms with Gasteiger partial charge < -0.3 is 14.7 Å². The average molecular weight is 486 g/mol. The van der Waals surface area contributed by atoms with Crippen molar-refractivity contribution in [2.45, 2.75) is 44.2 Å². The molecule has 1 N–H and O–H groups in total. The summed E-state index contributed by atoms with van der Waals surface area (Å²) in [6.45, 7) is 5.45. The first kappa shape index (κ1) is 25.7. The van der Waals surface area contributed by atoms with Crippen LogP contribution in [0.5, 0.6) is 5.75 Å². The number of nitriles is 1. The molecule has 0 fully saturated rings. The fraction of sp³-hybridized carbons (Fsp3) is 0.440. The number of carbonyl (C=O) groups is 1. The number of sulfonamides is 1. The van der Waals surface area contributed by atoms with Gasteiger partial charge in [0, 0.05) is 32.0 Å². The van der Waals surface area contributed by atoms with Crippen LogP contribution in [0.1, 0.15) is 32.8 Å². The second-order valence-corrected chi connectivity index (χ2v) is 10.6. The Morgan fingerprint density at radius 2 is 2.00 bits per heavy atom. The number of hydrogen-bond donors (Lipinski definition) is 1. The molecule has 9 heteroatoms. The van der Waals surface area contributed by atoms with Crippen molar-refractivity contribution in [3.05, 3.63) is 48.0 Å². The molecule has 0 radical (unpaired) electrons. The van der Waals surface area contributed by atoms with E-state index in [2.05, 4.69) is 6.07 Å². The van der Waals surface area contributed by atoms with Crippen LogP contribution in [0.3, 0.4) is 0 Å². The number of likely N-dealkylation sites (N-methyl/N-ethyl adjacent to an activating group) is 1. The fourth-order valence-electron chi connectivity index (χ4n) is 4.03. The lowest BCUT2D eigenvalue weighted by atomic mass is 10.0. The molecular weight excluding hydrogens is 454 g/mol. The van der Waals surface area contributed by atoms with Crippen molar-refractivity contribution in [2.75, 3.05) is 26.7 Å². The molecule has 0 saturated heterocycles. The largest absolute Gasteiger partial charge is 0.487 e. The van der Waals surface area contributed by atoms with Crippen molar-refractivity contribution >= 4 is 15.9 Å². The highest BCUT2D eigenvalue weighted by Crippen LogP contribution is 2.36. The molecule has 2 aromatic rings. The zero-order valence-electron chi connectivity index (χ0n) is 19.9. The number of aliphatic hydroxyl groups excluding tert-OH is 1. The van der Waals surface area contributed by atoms with E-state index in [0.29, 0.717) is 24.1 Å². The number of benzene rings is 2. The third kappa shape index (κ3) is 5.25. The molecule has 3 rings (SSSR count). The Morgan fingerprint density at radius 1 is 1.29 bits per heavy atom. The summed E-state index contributed by atoms with van der Waals surface area (Å²) in [6.07, 6.45) is -0.112. The van der Waals surface area contributed by atoms with Crippen molar-refractivity contribution in [3.8, 4) is 22.9 Å². The normalized spacial score (nSPS) is 20.7. The van der Waals surface area contributed by atoms with Gasteiger partial charge in [-0.3, -0.25) is 4.79 Å². The molecule has 34 heavy (non-hydrogen) atoms. The summed E-state index contributed by atoms with van der Waals surface area (Å²) in [5.41, 5.74) is 1.96. The van der Waals surface area contributed by atoms with Gasteiger partial charge in [-0.2, -0.15) is 9.57 Å². The minimum absolute atomic E-state index is 0.00867. The van der Waals surface area contributed by atoms with Gasteiger partial charge in [0.2, 0.25) is 15.9 Å². The van der Waals surface area contributed by atoms with Crippen molar-refractivity contribution in [1.29, 1.82) is 5.26 Å². The molecule has 0 saturated carbocycles. The number of hydrogen-bond acceptors (Lipinski definition) is 6. The summed E-state index contributed by atoms with van der Waals surface area (Å²) in [5, 5.41) is 19.0. The van der Waals surface area contributed by atoms with E-state index < -0.39 is 22.2 Å². The number of carbonyl (C=O) groups excluding carboxylic acids is 1. The molecule has 1 amide bonds. The molecule has 8 nitrogen and oxygen atoms in total. The van der Waals surface area contributed by atoms with Crippen molar-refractivity contribution in [1.82, 2.24) is 9.21 Å². The van der Waals surface area contributed by atoms with Crippen LogP contribution < -0.4 is 4.74 Å². The van der Waals surface area contributed by atoms with E-state index in [4.69, 9.17) is 4.74 Å². The molecular formula is C25H31N3O5S. The summed E-state index contributed by atoms with van der Waals surface area (Å²) in [4.78, 5) is 13.8.